The Bertz CT molecular complexity index is 92.4. The van der Waals surface area contributed by atoms with Crippen LogP contribution in [0.3, 0.4) is 0 Å². The monoisotopic (exact) mass is 114 g/mol. The molecule has 0 unspecified atom stereocenters. The second-order valence-electron chi connectivity index (χ2n) is 1.68. The van der Waals surface area contributed by atoms with Crippen LogP contribution in [-0.2, 0) is 4.84 Å². The molecule has 1 heterocycles. The standard InChI is InChI=1S/C5H10N2O/c1-2-7-3-4-8-6-5-7/h5H,2-4H2,1H3. The van der Waals surface area contributed by atoms with Crippen molar-refractivity contribution in [3.8, 4) is 0 Å². The second-order valence-corrected chi connectivity index (χ2v) is 1.68. The molecule has 0 aromatic rings. The van der Waals surface area contributed by atoms with Gasteiger partial charge in [-0.1, -0.05) is 5.16 Å². The Hall–Kier alpha value is -0.730. The first kappa shape index (κ1) is 5.41. The van der Waals surface area contributed by atoms with Gasteiger partial charge in [0.2, 0.25) is 0 Å². The summed E-state index contributed by atoms with van der Waals surface area (Å²) in [5.74, 6) is 0. The first-order valence-electron chi connectivity index (χ1n) is 2.83. The van der Waals surface area contributed by atoms with Gasteiger partial charge in [0.1, 0.15) is 12.9 Å². The van der Waals surface area contributed by atoms with Crippen molar-refractivity contribution in [2.24, 2.45) is 5.16 Å². The number of rotatable bonds is 1. The Balaban J connectivity index is 2.32. The molecule has 1 aliphatic rings. The van der Waals surface area contributed by atoms with E-state index in [1.54, 1.807) is 6.34 Å². The minimum absolute atomic E-state index is 0.727. The molecule has 3 heteroatoms. The van der Waals surface area contributed by atoms with E-state index in [1.165, 1.54) is 0 Å². The molecule has 0 fully saturated rings. The minimum atomic E-state index is 0.727. The van der Waals surface area contributed by atoms with Crippen molar-refractivity contribution in [2.75, 3.05) is 19.7 Å². The van der Waals surface area contributed by atoms with Gasteiger partial charge in [0.25, 0.3) is 0 Å². The zero-order valence-electron chi connectivity index (χ0n) is 5.00. The van der Waals surface area contributed by atoms with E-state index in [9.17, 15) is 0 Å². The van der Waals surface area contributed by atoms with Crippen LogP contribution in [0.4, 0.5) is 0 Å². The van der Waals surface area contributed by atoms with E-state index < -0.39 is 0 Å². The first-order chi connectivity index (χ1) is 3.93. The molecule has 0 spiro atoms. The molecule has 1 rings (SSSR count). The molecule has 0 aromatic carbocycles. The van der Waals surface area contributed by atoms with Gasteiger partial charge in [-0.2, -0.15) is 0 Å². The molecule has 0 saturated heterocycles. The predicted molar refractivity (Wildman–Crippen MR) is 31.7 cm³/mol. The van der Waals surface area contributed by atoms with Gasteiger partial charge in [0.05, 0.1) is 6.54 Å². The van der Waals surface area contributed by atoms with E-state index in [-0.39, 0.29) is 0 Å². The third kappa shape index (κ3) is 1.12. The highest BCUT2D eigenvalue weighted by Crippen LogP contribution is 1.90. The zero-order chi connectivity index (χ0) is 5.82. The van der Waals surface area contributed by atoms with Crippen molar-refractivity contribution >= 4 is 6.34 Å². The fourth-order valence-corrected chi connectivity index (χ4v) is 0.608. The van der Waals surface area contributed by atoms with E-state index in [0.29, 0.717) is 0 Å². The summed E-state index contributed by atoms with van der Waals surface area (Å²) in [6.07, 6.45) is 1.73. The number of oxime groups is 1. The quantitative estimate of drug-likeness (QED) is 0.489. The van der Waals surface area contributed by atoms with Crippen LogP contribution in [0.5, 0.6) is 0 Å². The van der Waals surface area contributed by atoms with Gasteiger partial charge in [-0.25, -0.2) is 0 Å². The van der Waals surface area contributed by atoms with Crippen LogP contribution < -0.4 is 0 Å². The van der Waals surface area contributed by atoms with Crippen LogP contribution in [0.1, 0.15) is 6.92 Å². The summed E-state index contributed by atoms with van der Waals surface area (Å²) in [6.45, 7) is 4.81. The topological polar surface area (TPSA) is 24.8 Å². The summed E-state index contributed by atoms with van der Waals surface area (Å²) in [5, 5.41) is 3.63. The number of nitrogens with zero attached hydrogens (tertiary/aromatic N) is 2. The fourth-order valence-electron chi connectivity index (χ4n) is 0.608. The van der Waals surface area contributed by atoms with Gasteiger partial charge in [-0.3, -0.25) is 0 Å². The molecule has 0 radical (unpaired) electrons. The van der Waals surface area contributed by atoms with Crippen LogP contribution in [-0.4, -0.2) is 30.9 Å². The Morgan fingerprint density at radius 2 is 2.75 bits per heavy atom. The van der Waals surface area contributed by atoms with E-state index in [4.69, 9.17) is 4.84 Å². The summed E-state index contributed by atoms with van der Waals surface area (Å²) in [7, 11) is 0. The van der Waals surface area contributed by atoms with Crippen molar-refractivity contribution in [3.05, 3.63) is 0 Å². The lowest BCUT2D eigenvalue weighted by atomic mass is 10.5. The molecule has 3 nitrogen and oxygen atoms in total. The maximum atomic E-state index is 4.73. The zero-order valence-corrected chi connectivity index (χ0v) is 5.00. The molecular weight excluding hydrogens is 104 g/mol. The third-order valence-electron chi connectivity index (χ3n) is 1.16. The molecule has 0 aromatic heterocycles. The molecule has 8 heavy (non-hydrogen) atoms. The summed E-state index contributed by atoms with van der Waals surface area (Å²) in [5.41, 5.74) is 0. The van der Waals surface area contributed by atoms with Crippen molar-refractivity contribution in [2.45, 2.75) is 6.92 Å². The van der Waals surface area contributed by atoms with E-state index in [0.717, 1.165) is 19.7 Å². The lowest BCUT2D eigenvalue weighted by molar-refractivity contribution is 0.108. The van der Waals surface area contributed by atoms with Crippen LogP contribution in [0, 0.1) is 0 Å². The van der Waals surface area contributed by atoms with Gasteiger partial charge in [-0.05, 0) is 6.92 Å². The SMILES string of the molecule is CCN1C=NOCC1. The molecule has 0 bridgehead atoms. The third-order valence-corrected chi connectivity index (χ3v) is 1.16. The highest BCUT2D eigenvalue weighted by Gasteiger charge is 1.99. The lowest BCUT2D eigenvalue weighted by Crippen LogP contribution is -2.28. The second kappa shape index (κ2) is 2.55. The summed E-state index contributed by atoms with van der Waals surface area (Å²) in [6, 6.07) is 0. The molecule has 1 aliphatic heterocycles. The Kier molecular flexibility index (Phi) is 1.72. The Labute approximate surface area is 48.9 Å². The summed E-state index contributed by atoms with van der Waals surface area (Å²) < 4.78 is 0. The Morgan fingerprint density at radius 3 is 3.12 bits per heavy atom. The molecule has 0 amide bonds. The predicted octanol–water partition coefficient (Wildman–Crippen LogP) is 0.282. The van der Waals surface area contributed by atoms with Crippen molar-refractivity contribution < 1.29 is 4.84 Å². The van der Waals surface area contributed by atoms with Crippen molar-refractivity contribution in [1.82, 2.24) is 4.90 Å². The van der Waals surface area contributed by atoms with Crippen LogP contribution in [0.25, 0.3) is 0 Å². The van der Waals surface area contributed by atoms with Crippen molar-refractivity contribution in [1.29, 1.82) is 0 Å². The normalized spacial score (nSPS) is 18.4. The number of hydrogen-bond donors (Lipinski definition) is 0. The van der Waals surface area contributed by atoms with Gasteiger partial charge in [-0.15, -0.1) is 0 Å². The minimum Gasteiger partial charge on any atom is -0.393 e. The molecule has 0 atom stereocenters. The van der Waals surface area contributed by atoms with E-state index >= 15 is 0 Å². The fraction of sp³-hybridized carbons (Fsp3) is 0.800. The van der Waals surface area contributed by atoms with Crippen LogP contribution in [0.2, 0.25) is 0 Å². The molecular formula is C5H10N2O. The van der Waals surface area contributed by atoms with E-state index in [2.05, 4.69) is 17.0 Å². The van der Waals surface area contributed by atoms with Gasteiger partial charge in [0.15, 0.2) is 0 Å². The largest absolute Gasteiger partial charge is 0.393 e. The Morgan fingerprint density at radius 1 is 1.88 bits per heavy atom. The summed E-state index contributed by atoms with van der Waals surface area (Å²) in [4.78, 5) is 6.83. The number of likely N-dealkylation sites (N-methyl/N-ethyl adjacent to an activating group) is 1. The molecule has 46 valence electrons. The molecule has 0 N–H and O–H groups in total. The van der Waals surface area contributed by atoms with Crippen LogP contribution >= 0.6 is 0 Å². The maximum Gasteiger partial charge on any atom is 0.134 e. The smallest absolute Gasteiger partial charge is 0.134 e. The van der Waals surface area contributed by atoms with Gasteiger partial charge in [0, 0.05) is 6.54 Å². The average molecular weight is 114 g/mol. The van der Waals surface area contributed by atoms with Crippen molar-refractivity contribution in [3.63, 3.8) is 0 Å². The summed E-state index contributed by atoms with van der Waals surface area (Å²) >= 11 is 0. The highest BCUT2D eigenvalue weighted by molar-refractivity contribution is 5.54. The first-order valence-corrected chi connectivity index (χ1v) is 2.83. The van der Waals surface area contributed by atoms with Gasteiger partial charge >= 0.3 is 0 Å². The molecule has 0 aliphatic carbocycles. The van der Waals surface area contributed by atoms with Crippen LogP contribution in [0.15, 0.2) is 5.16 Å². The van der Waals surface area contributed by atoms with E-state index in [1.807, 2.05) is 0 Å². The number of hydrogen-bond acceptors (Lipinski definition) is 3. The lowest BCUT2D eigenvalue weighted by Gasteiger charge is -2.18. The molecule has 0 saturated carbocycles. The average Bonchev–Trinajstić information content (AvgIpc) is 1.90. The maximum absolute atomic E-state index is 4.73. The highest BCUT2D eigenvalue weighted by atomic mass is 16.6. The van der Waals surface area contributed by atoms with Gasteiger partial charge < -0.3 is 9.74 Å².